The zero-order valence-electron chi connectivity index (χ0n) is 23.4. The molecule has 1 aliphatic rings. The average Bonchev–Trinajstić information content (AvgIpc) is 3.25. The van der Waals surface area contributed by atoms with Crippen molar-refractivity contribution in [3.8, 4) is 0 Å². The van der Waals surface area contributed by atoms with Gasteiger partial charge in [0.15, 0.2) is 17.5 Å². The minimum Gasteiger partial charge on any atom is -0.393 e. The summed E-state index contributed by atoms with van der Waals surface area (Å²) < 4.78 is 32.3. The number of fused-ring (bicyclic) bond motifs is 1. The van der Waals surface area contributed by atoms with Crippen molar-refractivity contribution in [2.75, 3.05) is 19.6 Å². The Morgan fingerprint density at radius 1 is 1.23 bits per heavy atom. The fourth-order valence-electron chi connectivity index (χ4n) is 5.80. The Bertz CT molecular complexity index is 1370. The third kappa shape index (κ3) is 6.15. The second-order valence-electron chi connectivity index (χ2n) is 10.6. The molecule has 2 unspecified atom stereocenters. The lowest BCUT2D eigenvalue weighted by atomic mass is 9.78. The summed E-state index contributed by atoms with van der Waals surface area (Å²) >= 11 is 0. The van der Waals surface area contributed by atoms with Crippen molar-refractivity contribution in [1.29, 1.82) is 0 Å². The van der Waals surface area contributed by atoms with Crippen LogP contribution in [0.4, 0.5) is 14.6 Å². The van der Waals surface area contributed by atoms with Gasteiger partial charge in [0.05, 0.1) is 17.8 Å². The highest BCUT2D eigenvalue weighted by molar-refractivity contribution is 6.13. The van der Waals surface area contributed by atoms with E-state index in [4.69, 9.17) is 0 Å². The van der Waals surface area contributed by atoms with Gasteiger partial charge in [-0.1, -0.05) is 13.0 Å². The molecular formula is C30H38F2N6O. The number of aliphatic hydroxyl groups excluding tert-OH is 1. The second-order valence-corrected chi connectivity index (χ2v) is 10.6. The van der Waals surface area contributed by atoms with E-state index in [0.29, 0.717) is 17.3 Å². The number of nitrogens with zero attached hydrogens (tertiary/aromatic N) is 6. The number of halogens is 2. The molecule has 208 valence electrons. The number of aliphatic hydroxyl groups is 1. The number of hydrogen-bond donors (Lipinski definition) is 1. The monoisotopic (exact) mass is 536 g/mol. The Labute approximate surface area is 229 Å². The summed E-state index contributed by atoms with van der Waals surface area (Å²) in [6, 6.07) is 6.55. The van der Waals surface area contributed by atoms with Crippen LogP contribution in [0.2, 0.25) is 0 Å². The van der Waals surface area contributed by atoms with Gasteiger partial charge in [0, 0.05) is 23.7 Å². The lowest BCUT2D eigenvalue weighted by molar-refractivity contribution is 0.0947. The number of piperidine rings is 1. The molecule has 0 saturated carbocycles. The maximum Gasteiger partial charge on any atom is 0.167 e. The summed E-state index contributed by atoms with van der Waals surface area (Å²) in [5.74, 6) is -0.0842. The van der Waals surface area contributed by atoms with Crippen LogP contribution < -0.4 is 0 Å². The number of pyridine rings is 1. The van der Waals surface area contributed by atoms with E-state index in [1.807, 2.05) is 38.3 Å². The molecule has 1 N–H and O–H groups in total. The molecule has 39 heavy (non-hydrogen) atoms. The van der Waals surface area contributed by atoms with Gasteiger partial charge in [-0.3, -0.25) is 4.99 Å². The van der Waals surface area contributed by atoms with Gasteiger partial charge in [-0.25, -0.2) is 23.7 Å². The summed E-state index contributed by atoms with van der Waals surface area (Å²) in [6.07, 6.45) is 4.15. The van der Waals surface area contributed by atoms with Crippen LogP contribution in [0.25, 0.3) is 11.0 Å². The summed E-state index contributed by atoms with van der Waals surface area (Å²) in [5.41, 5.74) is 1.85. The van der Waals surface area contributed by atoms with Crippen molar-refractivity contribution >= 4 is 29.3 Å². The number of likely N-dealkylation sites (tertiary alicyclic amines) is 1. The molecule has 2 aromatic heterocycles. The molecular weight excluding hydrogens is 498 g/mol. The van der Waals surface area contributed by atoms with E-state index in [-0.39, 0.29) is 34.6 Å². The SMILES string of the molecule is C=N/C=C(F)\C(=N/c1ccc(C(C(C)O)C2CCN(CC)CC2)cn1)c1cc(F)c2nc(C)n(C(C)C)c2c1. The minimum absolute atomic E-state index is 0.0329. The number of aromatic nitrogens is 3. The van der Waals surface area contributed by atoms with Crippen LogP contribution in [0, 0.1) is 18.7 Å². The molecule has 0 bridgehead atoms. The van der Waals surface area contributed by atoms with Crippen molar-refractivity contribution in [3.63, 3.8) is 0 Å². The van der Waals surface area contributed by atoms with Crippen LogP contribution >= 0.6 is 0 Å². The number of benzene rings is 1. The summed E-state index contributed by atoms with van der Waals surface area (Å²) in [7, 11) is 0. The van der Waals surface area contributed by atoms with Gasteiger partial charge in [-0.05, 0) is 96.6 Å². The summed E-state index contributed by atoms with van der Waals surface area (Å²) in [4.78, 5) is 19.3. The highest BCUT2D eigenvalue weighted by atomic mass is 19.1. The zero-order valence-corrected chi connectivity index (χ0v) is 23.4. The molecule has 1 aliphatic heterocycles. The van der Waals surface area contributed by atoms with Crippen molar-refractivity contribution in [3.05, 3.63) is 65.3 Å². The normalized spacial score (nSPS) is 17.7. The van der Waals surface area contributed by atoms with Gasteiger partial charge in [-0.15, -0.1) is 0 Å². The van der Waals surface area contributed by atoms with Crippen molar-refractivity contribution in [2.45, 2.75) is 65.5 Å². The fourth-order valence-corrected chi connectivity index (χ4v) is 5.80. The molecule has 1 saturated heterocycles. The van der Waals surface area contributed by atoms with Crippen molar-refractivity contribution in [1.82, 2.24) is 19.4 Å². The molecule has 2 atom stereocenters. The maximum absolute atomic E-state index is 15.2. The molecule has 7 nitrogen and oxygen atoms in total. The van der Waals surface area contributed by atoms with E-state index in [1.165, 1.54) is 6.07 Å². The van der Waals surface area contributed by atoms with Gasteiger partial charge < -0.3 is 14.6 Å². The molecule has 4 rings (SSSR count). The van der Waals surface area contributed by atoms with E-state index in [0.717, 1.165) is 44.2 Å². The maximum atomic E-state index is 15.2. The molecule has 3 aromatic rings. The highest BCUT2D eigenvalue weighted by Crippen LogP contribution is 2.36. The van der Waals surface area contributed by atoms with Crippen LogP contribution in [0.15, 0.2) is 52.5 Å². The Balaban J connectivity index is 1.72. The smallest absolute Gasteiger partial charge is 0.167 e. The third-order valence-electron chi connectivity index (χ3n) is 7.63. The molecule has 0 aliphatic carbocycles. The fraction of sp³-hybridized carbons (Fsp3) is 0.467. The third-order valence-corrected chi connectivity index (χ3v) is 7.63. The van der Waals surface area contributed by atoms with Crippen molar-refractivity contribution in [2.24, 2.45) is 15.9 Å². The topological polar surface area (TPSA) is 78.9 Å². The number of imidazole rings is 1. The Kier molecular flexibility index (Phi) is 9.02. The molecule has 3 heterocycles. The molecule has 1 aromatic carbocycles. The Hall–Kier alpha value is -3.30. The standard InChI is InChI=1S/C30H38F2N6O/c1-7-37-12-10-21(11-13-37)28(19(4)39)22-8-9-27(34-16-22)36-29(25(32)17-33-6)23-14-24(31)30-26(15-23)38(18(2)3)20(5)35-30/h8-9,14-19,21,28,39H,6-7,10-13H2,1-5H3/b25-17+,36-29-. The van der Waals surface area contributed by atoms with E-state index in [1.54, 1.807) is 18.3 Å². The first-order chi connectivity index (χ1) is 18.6. The number of rotatable bonds is 9. The summed E-state index contributed by atoms with van der Waals surface area (Å²) in [6.45, 7) is 16.2. The quantitative estimate of drug-likeness (QED) is 0.326. The number of allylic oxidation sites excluding steroid dienone is 1. The van der Waals surface area contributed by atoms with Crippen molar-refractivity contribution < 1.29 is 13.9 Å². The molecule has 1 fully saturated rings. The predicted molar refractivity (Wildman–Crippen MR) is 153 cm³/mol. The van der Waals surface area contributed by atoms with E-state index < -0.39 is 17.7 Å². The molecule has 0 amide bonds. The van der Waals surface area contributed by atoms with Crippen LogP contribution in [0.1, 0.15) is 69.4 Å². The minimum atomic E-state index is -0.758. The second kappa shape index (κ2) is 12.3. The number of aryl methyl sites for hydroxylation is 1. The number of aliphatic imine (C=N–C) groups is 2. The molecule has 9 heteroatoms. The first-order valence-corrected chi connectivity index (χ1v) is 13.6. The van der Waals surface area contributed by atoms with Crippen LogP contribution in [-0.4, -0.2) is 62.7 Å². The van der Waals surface area contributed by atoms with Gasteiger partial charge in [0.1, 0.15) is 17.1 Å². The predicted octanol–water partition coefficient (Wildman–Crippen LogP) is 6.29. The Morgan fingerprint density at radius 3 is 2.51 bits per heavy atom. The average molecular weight is 537 g/mol. The zero-order chi connectivity index (χ0) is 28.3. The van der Waals surface area contributed by atoms with Gasteiger partial charge in [0.2, 0.25) is 0 Å². The molecule has 0 radical (unpaired) electrons. The lowest BCUT2D eigenvalue weighted by Gasteiger charge is -2.37. The first kappa shape index (κ1) is 28.7. The summed E-state index contributed by atoms with van der Waals surface area (Å²) in [5, 5.41) is 10.6. The number of hydrogen-bond acceptors (Lipinski definition) is 6. The van der Waals surface area contributed by atoms with Gasteiger partial charge in [-0.2, -0.15) is 0 Å². The molecule has 0 spiro atoms. The van der Waals surface area contributed by atoms with Gasteiger partial charge >= 0.3 is 0 Å². The van der Waals surface area contributed by atoms with Crippen LogP contribution in [-0.2, 0) is 0 Å². The van der Waals surface area contributed by atoms with Gasteiger partial charge in [0.25, 0.3) is 0 Å². The van der Waals surface area contributed by atoms with Crippen LogP contribution in [0.3, 0.4) is 0 Å². The van der Waals surface area contributed by atoms with E-state index >= 15 is 8.78 Å². The van der Waals surface area contributed by atoms with E-state index in [9.17, 15) is 5.11 Å². The van der Waals surface area contributed by atoms with E-state index in [2.05, 4.69) is 38.5 Å². The largest absolute Gasteiger partial charge is 0.393 e. The van der Waals surface area contributed by atoms with Crippen LogP contribution in [0.5, 0.6) is 0 Å². The highest BCUT2D eigenvalue weighted by Gasteiger charge is 2.30. The first-order valence-electron chi connectivity index (χ1n) is 13.6. The lowest BCUT2D eigenvalue weighted by Crippen LogP contribution is -2.37. The Morgan fingerprint density at radius 2 is 1.95 bits per heavy atom.